The fourth-order valence-corrected chi connectivity index (χ4v) is 2.87. The fourth-order valence-electron chi connectivity index (χ4n) is 2.87. The summed E-state index contributed by atoms with van der Waals surface area (Å²) in [4.78, 5) is 3.78. The van der Waals surface area contributed by atoms with Gasteiger partial charge < -0.3 is 5.73 Å². The molecule has 0 radical (unpaired) electrons. The third-order valence-electron chi connectivity index (χ3n) is 4.11. The van der Waals surface area contributed by atoms with E-state index < -0.39 is 12.7 Å². The van der Waals surface area contributed by atoms with Crippen LogP contribution in [0, 0.1) is 0 Å². The van der Waals surface area contributed by atoms with E-state index in [2.05, 4.69) is 4.90 Å². The van der Waals surface area contributed by atoms with Crippen LogP contribution in [-0.4, -0.2) is 60.8 Å². The summed E-state index contributed by atoms with van der Waals surface area (Å²) in [5, 5.41) is 0. The minimum absolute atomic E-state index is 0.102. The molecule has 1 saturated heterocycles. The molecule has 100 valence electrons. The first-order chi connectivity index (χ1) is 7.95. The van der Waals surface area contributed by atoms with Crippen molar-refractivity contribution < 1.29 is 13.2 Å². The zero-order valence-electron chi connectivity index (χ0n) is 9.97. The summed E-state index contributed by atoms with van der Waals surface area (Å²) in [5.41, 5.74) is 5.90. The molecule has 0 aromatic heterocycles. The molecule has 1 heterocycles. The lowest BCUT2D eigenvalue weighted by Crippen LogP contribution is -2.63. The Morgan fingerprint density at radius 1 is 1.06 bits per heavy atom. The Morgan fingerprint density at radius 2 is 1.65 bits per heavy atom. The van der Waals surface area contributed by atoms with Gasteiger partial charge in [0.15, 0.2) is 0 Å². The number of nitrogens with zero attached hydrogens (tertiary/aromatic N) is 2. The minimum Gasteiger partial charge on any atom is -0.329 e. The second-order valence-corrected chi connectivity index (χ2v) is 5.16. The first kappa shape index (κ1) is 13.1. The number of hydrogen-bond donors (Lipinski definition) is 1. The Balaban J connectivity index is 1.82. The molecule has 2 N–H and O–H groups in total. The lowest BCUT2D eigenvalue weighted by atomic mass is 9.75. The maximum Gasteiger partial charge on any atom is 0.401 e. The Kier molecular flexibility index (Phi) is 3.66. The first-order valence-electron chi connectivity index (χ1n) is 6.19. The zero-order valence-corrected chi connectivity index (χ0v) is 9.97. The Labute approximate surface area is 99.7 Å². The molecule has 1 aliphatic heterocycles. The average Bonchev–Trinajstić information content (AvgIpc) is 2.17. The summed E-state index contributed by atoms with van der Waals surface area (Å²) in [7, 11) is 0. The van der Waals surface area contributed by atoms with Gasteiger partial charge in [0.1, 0.15) is 0 Å². The monoisotopic (exact) mass is 251 g/mol. The zero-order chi connectivity index (χ0) is 12.5. The quantitative estimate of drug-likeness (QED) is 0.813. The van der Waals surface area contributed by atoms with Crippen molar-refractivity contribution >= 4 is 0 Å². The number of halogens is 3. The smallest absolute Gasteiger partial charge is 0.329 e. The van der Waals surface area contributed by atoms with Crippen molar-refractivity contribution in [2.45, 2.75) is 31.0 Å². The SMILES string of the molecule is NCC1(N2CCN(CC(F)(F)F)CC2)CCC1. The van der Waals surface area contributed by atoms with Crippen molar-refractivity contribution in [3.63, 3.8) is 0 Å². The fraction of sp³-hybridized carbons (Fsp3) is 1.00. The molecule has 3 nitrogen and oxygen atoms in total. The van der Waals surface area contributed by atoms with Crippen molar-refractivity contribution in [3.8, 4) is 0 Å². The van der Waals surface area contributed by atoms with Gasteiger partial charge in [-0.05, 0) is 19.3 Å². The van der Waals surface area contributed by atoms with Gasteiger partial charge >= 0.3 is 6.18 Å². The van der Waals surface area contributed by atoms with Crippen LogP contribution < -0.4 is 5.73 Å². The van der Waals surface area contributed by atoms with E-state index in [0.29, 0.717) is 32.7 Å². The molecule has 17 heavy (non-hydrogen) atoms. The lowest BCUT2D eigenvalue weighted by Gasteiger charge is -2.52. The van der Waals surface area contributed by atoms with Gasteiger partial charge in [-0.15, -0.1) is 0 Å². The molecule has 0 aromatic rings. The number of alkyl halides is 3. The molecule has 1 aliphatic carbocycles. The maximum atomic E-state index is 12.2. The highest BCUT2D eigenvalue weighted by atomic mass is 19.4. The summed E-state index contributed by atoms with van der Waals surface area (Å²) < 4.78 is 36.7. The Bertz CT molecular complexity index is 250. The molecule has 2 fully saturated rings. The van der Waals surface area contributed by atoms with E-state index in [4.69, 9.17) is 5.73 Å². The van der Waals surface area contributed by atoms with Crippen LogP contribution in [0.3, 0.4) is 0 Å². The van der Waals surface area contributed by atoms with Gasteiger partial charge in [-0.25, -0.2) is 0 Å². The number of rotatable bonds is 3. The van der Waals surface area contributed by atoms with Crippen molar-refractivity contribution in [3.05, 3.63) is 0 Å². The van der Waals surface area contributed by atoms with Crippen molar-refractivity contribution in [1.82, 2.24) is 9.80 Å². The van der Waals surface area contributed by atoms with E-state index in [-0.39, 0.29) is 5.54 Å². The molecular weight excluding hydrogens is 231 g/mol. The van der Waals surface area contributed by atoms with E-state index in [1.165, 1.54) is 11.3 Å². The van der Waals surface area contributed by atoms with E-state index in [0.717, 1.165) is 12.8 Å². The molecule has 0 spiro atoms. The average molecular weight is 251 g/mol. The molecule has 2 rings (SSSR count). The van der Waals surface area contributed by atoms with E-state index in [9.17, 15) is 13.2 Å². The van der Waals surface area contributed by atoms with Crippen LogP contribution >= 0.6 is 0 Å². The van der Waals surface area contributed by atoms with Gasteiger partial charge in [0.2, 0.25) is 0 Å². The molecular formula is C11H20F3N3. The van der Waals surface area contributed by atoms with Crippen LogP contribution in [0.15, 0.2) is 0 Å². The molecule has 0 amide bonds. The largest absolute Gasteiger partial charge is 0.401 e. The number of hydrogen-bond acceptors (Lipinski definition) is 3. The summed E-state index contributed by atoms with van der Waals surface area (Å²) in [6, 6.07) is 0. The summed E-state index contributed by atoms with van der Waals surface area (Å²) in [6.45, 7) is 2.28. The van der Waals surface area contributed by atoms with Crippen molar-refractivity contribution in [1.29, 1.82) is 0 Å². The second kappa shape index (κ2) is 4.74. The highest BCUT2D eigenvalue weighted by Crippen LogP contribution is 2.37. The van der Waals surface area contributed by atoms with Crippen LogP contribution in [0.25, 0.3) is 0 Å². The van der Waals surface area contributed by atoms with Gasteiger partial charge in [0.05, 0.1) is 6.54 Å². The molecule has 0 aromatic carbocycles. The standard InChI is InChI=1S/C11H20F3N3/c12-11(13,14)9-16-4-6-17(7-5-16)10(8-15)2-1-3-10/h1-9,15H2. The predicted molar refractivity (Wildman–Crippen MR) is 59.7 cm³/mol. The molecule has 2 aliphatic rings. The summed E-state index contributed by atoms with van der Waals surface area (Å²) >= 11 is 0. The Hall–Kier alpha value is -0.330. The van der Waals surface area contributed by atoms with Crippen molar-refractivity contribution in [2.24, 2.45) is 5.73 Å². The van der Waals surface area contributed by atoms with Crippen LogP contribution in [-0.2, 0) is 0 Å². The normalized spacial score (nSPS) is 26.8. The molecule has 6 heteroatoms. The minimum atomic E-state index is -4.08. The third kappa shape index (κ3) is 2.92. The van der Waals surface area contributed by atoms with Gasteiger partial charge in [0, 0.05) is 38.3 Å². The lowest BCUT2D eigenvalue weighted by molar-refractivity contribution is -0.152. The highest BCUT2D eigenvalue weighted by Gasteiger charge is 2.43. The molecule has 0 bridgehead atoms. The van der Waals surface area contributed by atoms with Crippen LogP contribution in [0.4, 0.5) is 13.2 Å². The maximum absolute atomic E-state index is 12.2. The van der Waals surface area contributed by atoms with E-state index in [1.54, 1.807) is 0 Å². The Morgan fingerprint density at radius 3 is 2.00 bits per heavy atom. The summed E-state index contributed by atoms with van der Waals surface area (Å²) in [5.74, 6) is 0. The van der Waals surface area contributed by atoms with Gasteiger partial charge in [0.25, 0.3) is 0 Å². The first-order valence-corrected chi connectivity index (χ1v) is 6.19. The molecule has 0 unspecified atom stereocenters. The van der Waals surface area contributed by atoms with Crippen molar-refractivity contribution in [2.75, 3.05) is 39.3 Å². The predicted octanol–water partition coefficient (Wildman–Crippen LogP) is 1.05. The third-order valence-corrected chi connectivity index (χ3v) is 4.11. The van der Waals surface area contributed by atoms with Crippen LogP contribution in [0.5, 0.6) is 0 Å². The van der Waals surface area contributed by atoms with Crippen LogP contribution in [0.1, 0.15) is 19.3 Å². The summed E-state index contributed by atoms with van der Waals surface area (Å²) in [6.07, 6.45) is -0.685. The molecule has 1 saturated carbocycles. The van der Waals surface area contributed by atoms with E-state index in [1.807, 2.05) is 0 Å². The van der Waals surface area contributed by atoms with Gasteiger partial charge in [-0.2, -0.15) is 13.2 Å². The topological polar surface area (TPSA) is 32.5 Å². The van der Waals surface area contributed by atoms with Gasteiger partial charge in [-0.3, -0.25) is 9.80 Å². The number of nitrogens with two attached hydrogens (primary N) is 1. The van der Waals surface area contributed by atoms with Gasteiger partial charge in [-0.1, -0.05) is 0 Å². The van der Waals surface area contributed by atoms with Crippen LogP contribution in [0.2, 0.25) is 0 Å². The molecule has 0 atom stereocenters. The highest BCUT2D eigenvalue weighted by molar-refractivity contribution is 5.00. The second-order valence-electron chi connectivity index (χ2n) is 5.16. The van der Waals surface area contributed by atoms with E-state index >= 15 is 0 Å². The number of piperazine rings is 1.